The van der Waals surface area contributed by atoms with Gasteiger partial charge in [-0.25, -0.2) is 4.98 Å². The van der Waals surface area contributed by atoms with E-state index in [-0.39, 0.29) is 11.1 Å². The molecule has 1 fully saturated rings. The number of pyridine rings is 1. The van der Waals surface area contributed by atoms with Crippen LogP contribution in [0.5, 0.6) is 5.88 Å². The number of nitrogens with one attached hydrogen (secondary N) is 1. The first kappa shape index (κ1) is 21.9. The maximum atomic E-state index is 9.16. The Morgan fingerprint density at radius 3 is 2.58 bits per heavy atom. The summed E-state index contributed by atoms with van der Waals surface area (Å²) >= 11 is 1.70. The second-order valence-electron chi connectivity index (χ2n) is 10.4. The Labute approximate surface area is 199 Å². The van der Waals surface area contributed by atoms with Crippen LogP contribution in [0.3, 0.4) is 0 Å². The summed E-state index contributed by atoms with van der Waals surface area (Å²) in [5.41, 5.74) is 4.93. The topological polar surface area (TPSA) is 74.1 Å². The highest BCUT2D eigenvalue weighted by Gasteiger charge is 2.40. The van der Waals surface area contributed by atoms with E-state index in [1.54, 1.807) is 17.5 Å². The minimum atomic E-state index is 0.0788. The first-order valence-electron chi connectivity index (χ1n) is 11.3. The minimum absolute atomic E-state index is 0.0788. The lowest BCUT2D eigenvalue weighted by Crippen LogP contribution is -2.61. The summed E-state index contributed by atoms with van der Waals surface area (Å²) in [4.78, 5) is 12.4. The van der Waals surface area contributed by atoms with E-state index in [2.05, 4.69) is 74.2 Å². The molecule has 0 amide bonds. The Morgan fingerprint density at radius 2 is 1.85 bits per heavy atom. The SMILES string of the molecule is CN(c1nc2c(s1)-c1ccc(-c3ccnc(C#N)c3)cc1CO2)C1CC(C)(C)NC(C)(C)C1. The number of aromatic nitrogens is 2. The van der Waals surface area contributed by atoms with E-state index in [9.17, 15) is 0 Å². The molecular formula is C26H29N5OS. The predicted molar refractivity (Wildman–Crippen MR) is 133 cm³/mol. The second-order valence-corrected chi connectivity index (χ2v) is 11.4. The zero-order valence-corrected chi connectivity index (χ0v) is 20.6. The van der Waals surface area contributed by atoms with Gasteiger partial charge in [0.15, 0.2) is 5.13 Å². The molecule has 0 saturated carbocycles. The van der Waals surface area contributed by atoms with Crippen LogP contribution in [0.1, 0.15) is 51.8 Å². The zero-order chi connectivity index (χ0) is 23.4. The highest BCUT2D eigenvalue weighted by atomic mass is 32.1. The third-order valence-corrected chi connectivity index (χ3v) is 7.69. The number of hydrogen-bond donors (Lipinski definition) is 1. The molecule has 0 aliphatic carbocycles. The van der Waals surface area contributed by atoms with Crippen LogP contribution in [0.15, 0.2) is 36.5 Å². The van der Waals surface area contributed by atoms with Crippen LogP contribution in [0.4, 0.5) is 5.13 Å². The highest BCUT2D eigenvalue weighted by Crippen LogP contribution is 2.46. The van der Waals surface area contributed by atoms with Gasteiger partial charge in [-0.05, 0) is 75.4 Å². The number of nitriles is 1. The number of ether oxygens (including phenoxy) is 1. The Bertz CT molecular complexity index is 1240. The summed E-state index contributed by atoms with van der Waals surface area (Å²) in [5, 5.41) is 13.9. The molecule has 0 radical (unpaired) electrons. The van der Waals surface area contributed by atoms with Gasteiger partial charge in [-0.1, -0.05) is 23.5 Å². The third-order valence-electron chi connectivity index (χ3n) is 6.52. The van der Waals surface area contributed by atoms with Gasteiger partial charge in [0, 0.05) is 35.9 Å². The van der Waals surface area contributed by atoms with Crippen molar-refractivity contribution >= 4 is 16.5 Å². The molecule has 0 spiro atoms. The van der Waals surface area contributed by atoms with Crippen LogP contribution in [0.25, 0.3) is 21.6 Å². The Hall–Kier alpha value is -2.95. The molecule has 4 heterocycles. The maximum absolute atomic E-state index is 9.16. The van der Waals surface area contributed by atoms with Gasteiger partial charge in [0.1, 0.15) is 23.2 Å². The van der Waals surface area contributed by atoms with Gasteiger partial charge >= 0.3 is 0 Å². The van der Waals surface area contributed by atoms with Crippen molar-refractivity contribution in [1.29, 1.82) is 5.26 Å². The number of benzene rings is 1. The molecule has 6 nitrogen and oxygen atoms in total. The summed E-state index contributed by atoms with van der Waals surface area (Å²) in [5.74, 6) is 0.727. The van der Waals surface area contributed by atoms with Crippen molar-refractivity contribution in [3.63, 3.8) is 0 Å². The predicted octanol–water partition coefficient (Wildman–Crippen LogP) is 5.38. The summed E-state index contributed by atoms with van der Waals surface area (Å²) in [7, 11) is 2.16. The van der Waals surface area contributed by atoms with Crippen molar-refractivity contribution in [3.8, 4) is 33.5 Å². The molecule has 1 N–H and O–H groups in total. The normalized spacial score (nSPS) is 18.5. The molecule has 2 aromatic heterocycles. The van der Waals surface area contributed by atoms with Crippen molar-refractivity contribution in [3.05, 3.63) is 47.8 Å². The highest BCUT2D eigenvalue weighted by molar-refractivity contribution is 7.19. The van der Waals surface area contributed by atoms with Crippen molar-refractivity contribution in [2.75, 3.05) is 11.9 Å². The number of rotatable bonds is 3. The lowest BCUT2D eigenvalue weighted by molar-refractivity contribution is 0.161. The lowest BCUT2D eigenvalue weighted by Gasteiger charge is -2.48. The van der Waals surface area contributed by atoms with Crippen LogP contribution >= 0.6 is 11.3 Å². The van der Waals surface area contributed by atoms with Gasteiger partial charge in [-0.3, -0.25) is 0 Å². The van der Waals surface area contributed by atoms with Gasteiger partial charge in [-0.15, -0.1) is 0 Å². The molecule has 5 rings (SSSR count). The second kappa shape index (κ2) is 7.82. The molecule has 0 bridgehead atoms. The van der Waals surface area contributed by atoms with Gasteiger partial charge in [0.05, 0.1) is 0 Å². The fourth-order valence-corrected chi connectivity index (χ4v) is 6.45. The Kier molecular flexibility index (Phi) is 5.19. The average Bonchev–Trinajstić information content (AvgIpc) is 3.21. The van der Waals surface area contributed by atoms with Crippen LogP contribution in [0, 0.1) is 11.3 Å². The van der Waals surface area contributed by atoms with Crippen molar-refractivity contribution in [1.82, 2.24) is 15.3 Å². The molecule has 33 heavy (non-hydrogen) atoms. The van der Waals surface area contributed by atoms with Gasteiger partial charge in [0.2, 0.25) is 5.88 Å². The number of anilines is 1. The molecule has 0 unspecified atom stereocenters. The van der Waals surface area contributed by atoms with Crippen LogP contribution < -0.4 is 15.0 Å². The van der Waals surface area contributed by atoms with Crippen LogP contribution in [-0.4, -0.2) is 34.1 Å². The van der Waals surface area contributed by atoms with Crippen LogP contribution in [-0.2, 0) is 6.61 Å². The van der Waals surface area contributed by atoms with E-state index in [1.165, 1.54) is 5.56 Å². The Balaban J connectivity index is 1.45. The monoisotopic (exact) mass is 459 g/mol. The van der Waals surface area contributed by atoms with Gasteiger partial charge < -0.3 is 15.0 Å². The number of nitrogens with zero attached hydrogens (tertiary/aromatic N) is 4. The molecule has 7 heteroatoms. The van der Waals surface area contributed by atoms with E-state index in [0.29, 0.717) is 18.3 Å². The lowest BCUT2D eigenvalue weighted by atomic mass is 9.79. The molecule has 3 aromatic rings. The average molecular weight is 460 g/mol. The molecule has 170 valence electrons. The van der Waals surface area contributed by atoms with Crippen LogP contribution in [0.2, 0.25) is 0 Å². The van der Waals surface area contributed by atoms with E-state index < -0.39 is 0 Å². The first-order valence-corrected chi connectivity index (χ1v) is 12.1. The molecule has 1 saturated heterocycles. The molecule has 2 aliphatic heterocycles. The Morgan fingerprint density at radius 1 is 1.12 bits per heavy atom. The summed E-state index contributed by atoms with van der Waals surface area (Å²) in [6.45, 7) is 9.61. The molecule has 1 aromatic carbocycles. The first-order chi connectivity index (χ1) is 15.6. The minimum Gasteiger partial charge on any atom is -0.472 e. The number of fused-ring (bicyclic) bond motifs is 3. The zero-order valence-electron chi connectivity index (χ0n) is 19.8. The van der Waals surface area contributed by atoms with Crippen molar-refractivity contribution in [2.24, 2.45) is 0 Å². The molecular weight excluding hydrogens is 430 g/mol. The smallest absolute Gasteiger partial charge is 0.234 e. The largest absolute Gasteiger partial charge is 0.472 e. The maximum Gasteiger partial charge on any atom is 0.234 e. The molecule has 2 aliphatic rings. The summed E-state index contributed by atoms with van der Waals surface area (Å²) in [6.07, 6.45) is 3.81. The fourth-order valence-electron chi connectivity index (χ4n) is 5.34. The summed E-state index contributed by atoms with van der Waals surface area (Å²) in [6, 6.07) is 12.7. The number of thiazole rings is 1. The quantitative estimate of drug-likeness (QED) is 0.567. The standard InChI is InChI=1S/C26H29N5OS/c1-25(2)12-20(13-26(3,4)30-25)31(5)24-29-23-22(33-24)21-7-6-16(10-18(21)15-32-23)17-8-9-28-19(11-17)14-27/h6-11,20,30H,12-13,15H2,1-5H3. The molecule has 0 atom stereocenters. The van der Waals surface area contributed by atoms with E-state index in [0.717, 1.165) is 45.4 Å². The van der Waals surface area contributed by atoms with E-state index in [1.807, 2.05) is 12.1 Å². The summed E-state index contributed by atoms with van der Waals surface area (Å²) < 4.78 is 6.08. The van der Waals surface area contributed by atoms with Crippen molar-refractivity contribution in [2.45, 2.75) is 64.3 Å². The van der Waals surface area contributed by atoms with E-state index >= 15 is 0 Å². The number of hydrogen-bond acceptors (Lipinski definition) is 7. The number of piperidine rings is 1. The van der Waals surface area contributed by atoms with Gasteiger partial charge in [-0.2, -0.15) is 10.2 Å². The fraction of sp³-hybridized carbons (Fsp3) is 0.423. The van der Waals surface area contributed by atoms with E-state index in [4.69, 9.17) is 15.0 Å². The third kappa shape index (κ3) is 4.21. The van der Waals surface area contributed by atoms with Crippen molar-refractivity contribution < 1.29 is 4.74 Å². The van der Waals surface area contributed by atoms with Gasteiger partial charge in [0.25, 0.3) is 0 Å².